The molecule has 0 aromatic heterocycles. The van der Waals surface area contributed by atoms with Crippen LogP contribution in [0.2, 0.25) is 0 Å². The fraction of sp³-hybridized carbons (Fsp3) is 0.538. The van der Waals surface area contributed by atoms with E-state index in [9.17, 15) is 0 Å². The zero-order chi connectivity index (χ0) is 12.0. The molecule has 2 unspecified atom stereocenters. The summed E-state index contributed by atoms with van der Waals surface area (Å²) in [6.45, 7) is 6.39. The first-order chi connectivity index (χ1) is 7.69. The first-order valence-electron chi connectivity index (χ1n) is 5.70. The minimum atomic E-state index is 0.208. The maximum absolute atomic E-state index is 5.31. The minimum absolute atomic E-state index is 0.208. The summed E-state index contributed by atoms with van der Waals surface area (Å²) >= 11 is 1.86. The predicted molar refractivity (Wildman–Crippen MR) is 72.4 cm³/mol. The monoisotopic (exact) mass is 239 g/mol. The quantitative estimate of drug-likeness (QED) is 0.766. The average Bonchev–Trinajstić information content (AvgIpc) is 2.31. The number of benzene rings is 1. The second kappa shape index (κ2) is 6.81. The summed E-state index contributed by atoms with van der Waals surface area (Å²) in [7, 11) is 1.75. The van der Waals surface area contributed by atoms with Gasteiger partial charge in [0.25, 0.3) is 0 Å². The summed E-state index contributed by atoms with van der Waals surface area (Å²) in [4.78, 5) is 1.31. The first-order valence-corrected chi connectivity index (χ1v) is 6.68. The van der Waals surface area contributed by atoms with Crippen LogP contribution >= 0.6 is 11.8 Å². The van der Waals surface area contributed by atoms with Crippen LogP contribution in [-0.2, 0) is 4.74 Å². The van der Waals surface area contributed by atoms with Gasteiger partial charge in [0.2, 0.25) is 0 Å². The van der Waals surface area contributed by atoms with E-state index >= 15 is 0 Å². The lowest BCUT2D eigenvalue weighted by atomic mass is 10.2. The van der Waals surface area contributed by atoms with Crippen molar-refractivity contribution in [3.63, 3.8) is 0 Å². The molecule has 2 nitrogen and oxygen atoms in total. The molecule has 0 saturated carbocycles. The molecule has 1 rings (SSSR count). The van der Waals surface area contributed by atoms with E-state index in [1.807, 2.05) is 11.8 Å². The van der Waals surface area contributed by atoms with Crippen LogP contribution in [0.15, 0.2) is 29.2 Å². The van der Waals surface area contributed by atoms with Crippen molar-refractivity contribution in [3.05, 3.63) is 24.3 Å². The molecule has 0 radical (unpaired) electrons. The van der Waals surface area contributed by atoms with E-state index in [2.05, 4.69) is 50.4 Å². The number of rotatable bonds is 6. The highest BCUT2D eigenvalue weighted by Crippen LogP contribution is 2.27. The van der Waals surface area contributed by atoms with Gasteiger partial charge in [-0.1, -0.05) is 19.1 Å². The standard InChI is InChI=1S/C13H21NOS/c1-5-16-13-9-7-6-8-12(13)14-10(2)11(3)15-4/h6-11,14H,5H2,1-4H3. The second-order valence-electron chi connectivity index (χ2n) is 3.80. The van der Waals surface area contributed by atoms with Crippen LogP contribution in [0.3, 0.4) is 0 Å². The summed E-state index contributed by atoms with van der Waals surface area (Å²) in [5.74, 6) is 1.09. The Bertz CT molecular complexity index is 317. The highest BCUT2D eigenvalue weighted by atomic mass is 32.2. The Morgan fingerprint density at radius 1 is 1.31 bits per heavy atom. The molecule has 0 aliphatic heterocycles. The zero-order valence-corrected chi connectivity index (χ0v) is 11.3. The number of hydrogen-bond acceptors (Lipinski definition) is 3. The smallest absolute Gasteiger partial charge is 0.0741 e. The number of nitrogens with one attached hydrogen (secondary N) is 1. The maximum atomic E-state index is 5.31. The molecule has 0 saturated heterocycles. The van der Waals surface area contributed by atoms with Gasteiger partial charge in [0.05, 0.1) is 6.10 Å². The lowest BCUT2D eigenvalue weighted by molar-refractivity contribution is 0.106. The van der Waals surface area contributed by atoms with Gasteiger partial charge in [0.15, 0.2) is 0 Å². The normalized spacial score (nSPS) is 14.5. The lowest BCUT2D eigenvalue weighted by Crippen LogP contribution is -2.29. The van der Waals surface area contributed by atoms with E-state index in [0.717, 1.165) is 5.75 Å². The van der Waals surface area contributed by atoms with Gasteiger partial charge < -0.3 is 10.1 Å². The van der Waals surface area contributed by atoms with Crippen LogP contribution in [0, 0.1) is 0 Å². The number of para-hydroxylation sites is 1. The molecule has 0 heterocycles. The molecule has 0 bridgehead atoms. The molecule has 0 spiro atoms. The van der Waals surface area contributed by atoms with Crippen molar-refractivity contribution in [2.75, 3.05) is 18.2 Å². The Labute approximate surface area is 103 Å². The van der Waals surface area contributed by atoms with Gasteiger partial charge in [-0.2, -0.15) is 0 Å². The van der Waals surface area contributed by atoms with Gasteiger partial charge in [-0.25, -0.2) is 0 Å². The topological polar surface area (TPSA) is 21.3 Å². The summed E-state index contributed by atoms with van der Waals surface area (Å²) in [6, 6.07) is 8.72. The molecule has 0 fully saturated rings. The molecule has 16 heavy (non-hydrogen) atoms. The SMILES string of the molecule is CCSc1ccccc1NC(C)C(C)OC. The van der Waals surface area contributed by atoms with Crippen molar-refractivity contribution in [2.45, 2.75) is 37.8 Å². The molecule has 0 aliphatic rings. The van der Waals surface area contributed by atoms with Crippen LogP contribution in [0.25, 0.3) is 0 Å². The Balaban J connectivity index is 2.71. The van der Waals surface area contributed by atoms with E-state index in [1.165, 1.54) is 10.6 Å². The third-order valence-corrected chi connectivity index (χ3v) is 3.60. The Morgan fingerprint density at radius 3 is 2.62 bits per heavy atom. The van der Waals surface area contributed by atoms with Crippen molar-refractivity contribution in [2.24, 2.45) is 0 Å². The molecule has 1 N–H and O–H groups in total. The van der Waals surface area contributed by atoms with E-state index in [1.54, 1.807) is 7.11 Å². The predicted octanol–water partition coefficient (Wildman–Crippen LogP) is 3.63. The van der Waals surface area contributed by atoms with Crippen molar-refractivity contribution in [3.8, 4) is 0 Å². The third-order valence-electron chi connectivity index (χ3n) is 2.65. The summed E-state index contributed by atoms with van der Waals surface area (Å²) < 4.78 is 5.31. The van der Waals surface area contributed by atoms with Crippen molar-refractivity contribution < 1.29 is 4.74 Å². The highest BCUT2D eigenvalue weighted by molar-refractivity contribution is 7.99. The van der Waals surface area contributed by atoms with E-state index < -0.39 is 0 Å². The van der Waals surface area contributed by atoms with Gasteiger partial charge in [0, 0.05) is 23.7 Å². The number of thioether (sulfide) groups is 1. The Hall–Kier alpha value is -0.670. The molecule has 90 valence electrons. The maximum Gasteiger partial charge on any atom is 0.0741 e. The van der Waals surface area contributed by atoms with Crippen molar-refractivity contribution in [1.29, 1.82) is 0 Å². The first kappa shape index (κ1) is 13.4. The largest absolute Gasteiger partial charge is 0.380 e. The van der Waals surface area contributed by atoms with Crippen LogP contribution in [-0.4, -0.2) is 25.0 Å². The van der Waals surface area contributed by atoms with Crippen LogP contribution in [0.5, 0.6) is 0 Å². The minimum Gasteiger partial charge on any atom is -0.380 e. The molecule has 2 atom stereocenters. The van der Waals surface area contributed by atoms with Crippen molar-refractivity contribution >= 4 is 17.4 Å². The van der Waals surface area contributed by atoms with Gasteiger partial charge >= 0.3 is 0 Å². The van der Waals surface area contributed by atoms with E-state index in [-0.39, 0.29) is 6.10 Å². The molecule has 1 aromatic rings. The Kier molecular flexibility index (Phi) is 5.71. The number of hydrogen-bond donors (Lipinski definition) is 1. The third kappa shape index (κ3) is 3.72. The summed E-state index contributed by atoms with van der Waals surface area (Å²) in [6.07, 6.45) is 0.208. The van der Waals surface area contributed by atoms with E-state index in [0.29, 0.717) is 6.04 Å². The molecule has 1 aromatic carbocycles. The Morgan fingerprint density at radius 2 is 2.00 bits per heavy atom. The fourth-order valence-electron chi connectivity index (χ4n) is 1.43. The molecular weight excluding hydrogens is 218 g/mol. The molecular formula is C13H21NOS. The number of methoxy groups -OCH3 is 1. The summed E-state index contributed by atoms with van der Waals surface area (Å²) in [5.41, 5.74) is 1.20. The van der Waals surface area contributed by atoms with Gasteiger partial charge in [-0.3, -0.25) is 0 Å². The van der Waals surface area contributed by atoms with Crippen molar-refractivity contribution in [1.82, 2.24) is 0 Å². The van der Waals surface area contributed by atoms with Crippen LogP contribution in [0.1, 0.15) is 20.8 Å². The van der Waals surface area contributed by atoms with Gasteiger partial charge in [0.1, 0.15) is 0 Å². The van der Waals surface area contributed by atoms with Crippen LogP contribution in [0.4, 0.5) is 5.69 Å². The van der Waals surface area contributed by atoms with Gasteiger partial charge in [-0.05, 0) is 31.7 Å². The summed E-state index contributed by atoms with van der Waals surface area (Å²) in [5, 5.41) is 3.50. The highest BCUT2D eigenvalue weighted by Gasteiger charge is 2.12. The van der Waals surface area contributed by atoms with Gasteiger partial charge in [-0.15, -0.1) is 11.8 Å². The second-order valence-corrected chi connectivity index (χ2v) is 5.11. The van der Waals surface area contributed by atoms with E-state index in [4.69, 9.17) is 4.74 Å². The number of ether oxygens (including phenoxy) is 1. The molecule has 3 heteroatoms. The molecule has 0 aliphatic carbocycles. The number of anilines is 1. The fourth-order valence-corrected chi connectivity index (χ4v) is 2.20. The lowest BCUT2D eigenvalue weighted by Gasteiger charge is -2.22. The molecule has 0 amide bonds. The zero-order valence-electron chi connectivity index (χ0n) is 10.5. The van der Waals surface area contributed by atoms with Crippen LogP contribution < -0.4 is 5.32 Å². The average molecular weight is 239 g/mol.